The minimum absolute atomic E-state index is 0.0849. The molecule has 0 aliphatic rings. The molecule has 0 spiro atoms. The fraction of sp³-hybridized carbons (Fsp3) is 0.0476. The van der Waals surface area contributed by atoms with Crippen LogP contribution in [0.5, 0.6) is 0 Å². The van der Waals surface area contributed by atoms with Crippen molar-refractivity contribution in [2.24, 2.45) is 0 Å². The van der Waals surface area contributed by atoms with E-state index in [4.69, 9.17) is 0 Å². The van der Waals surface area contributed by atoms with E-state index in [1.165, 1.54) is 16.8 Å². The van der Waals surface area contributed by atoms with Crippen LogP contribution >= 0.6 is 0 Å². The summed E-state index contributed by atoms with van der Waals surface area (Å²) in [5.74, 6) is -0.379. The number of hydrogen-bond donors (Lipinski definition) is 0. The molecule has 0 saturated carbocycles. The normalized spacial score (nSPS) is 11.3. The molecule has 0 amide bonds. The van der Waals surface area contributed by atoms with Crippen LogP contribution in [0.15, 0.2) is 78.4 Å². The average molecular weight is 371 g/mol. The van der Waals surface area contributed by atoms with E-state index in [1.807, 2.05) is 28.8 Å². The average Bonchev–Trinajstić information content (AvgIpc) is 3.19. The standard InChI is InChI=1S/C21H14FN5O/c22-18-8-14(15-5-6-17-9-23-13-26(17)11-15)3-4-16(18)12-27-20(28)10-25-19-2-1-7-24-21(19)27/h1-11,13H,12H2. The summed E-state index contributed by atoms with van der Waals surface area (Å²) >= 11 is 0. The zero-order valence-electron chi connectivity index (χ0n) is 14.7. The highest BCUT2D eigenvalue weighted by molar-refractivity contribution is 5.69. The number of halogens is 1. The summed E-state index contributed by atoms with van der Waals surface area (Å²) in [5, 5.41) is 0. The number of aromatic nitrogens is 5. The van der Waals surface area contributed by atoms with Gasteiger partial charge in [0.25, 0.3) is 5.56 Å². The topological polar surface area (TPSA) is 65.1 Å². The molecule has 5 aromatic rings. The molecule has 1 aromatic carbocycles. The third-order valence-corrected chi connectivity index (χ3v) is 4.72. The molecule has 0 aliphatic heterocycles. The number of nitrogens with zero attached hydrogens (tertiary/aromatic N) is 5. The highest BCUT2D eigenvalue weighted by atomic mass is 19.1. The van der Waals surface area contributed by atoms with Crippen LogP contribution in [-0.2, 0) is 6.54 Å². The fourth-order valence-electron chi connectivity index (χ4n) is 3.26. The summed E-state index contributed by atoms with van der Waals surface area (Å²) in [5.41, 5.74) is 3.72. The van der Waals surface area contributed by atoms with Gasteiger partial charge in [-0.25, -0.2) is 19.3 Å². The van der Waals surface area contributed by atoms with Gasteiger partial charge in [0.1, 0.15) is 11.3 Å². The number of hydrogen-bond acceptors (Lipinski definition) is 4. The first-order valence-corrected chi connectivity index (χ1v) is 8.70. The van der Waals surface area contributed by atoms with E-state index in [1.54, 1.807) is 36.9 Å². The van der Waals surface area contributed by atoms with Crippen molar-refractivity contribution in [3.8, 4) is 11.1 Å². The first-order valence-electron chi connectivity index (χ1n) is 8.70. The van der Waals surface area contributed by atoms with E-state index in [-0.39, 0.29) is 17.9 Å². The quantitative estimate of drug-likeness (QED) is 0.488. The van der Waals surface area contributed by atoms with Crippen LogP contribution in [0.3, 0.4) is 0 Å². The van der Waals surface area contributed by atoms with Crippen molar-refractivity contribution in [3.63, 3.8) is 0 Å². The summed E-state index contributed by atoms with van der Waals surface area (Å²) in [4.78, 5) is 24.7. The molecule has 0 unspecified atom stereocenters. The minimum atomic E-state index is -0.379. The van der Waals surface area contributed by atoms with Gasteiger partial charge in [0.2, 0.25) is 0 Å². The lowest BCUT2D eigenvalue weighted by Crippen LogP contribution is -2.22. The van der Waals surface area contributed by atoms with Gasteiger partial charge in [-0.05, 0) is 35.4 Å². The van der Waals surface area contributed by atoms with Crippen molar-refractivity contribution in [1.82, 2.24) is 23.9 Å². The number of benzene rings is 1. The summed E-state index contributed by atoms with van der Waals surface area (Å²) in [6.45, 7) is 0.0849. The SMILES string of the molecule is O=c1cnc2cccnc2n1Cc1ccc(-c2ccc3cncn3c2)cc1F. The van der Waals surface area contributed by atoms with Crippen molar-refractivity contribution in [2.45, 2.75) is 6.54 Å². The van der Waals surface area contributed by atoms with Crippen molar-refractivity contribution in [2.75, 3.05) is 0 Å². The first-order chi connectivity index (χ1) is 13.7. The molecule has 7 heteroatoms. The highest BCUT2D eigenvalue weighted by Gasteiger charge is 2.11. The van der Waals surface area contributed by atoms with E-state index < -0.39 is 0 Å². The van der Waals surface area contributed by atoms with Gasteiger partial charge in [0.05, 0.1) is 30.8 Å². The molecule has 6 nitrogen and oxygen atoms in total. The van der Waals surface area contributed by atoms with Crippen molar-refractivity contribution in [3.05, 3.63) is 95.3 Å². The van der Waals surface area contributed by atoms with Crippen LogP contribution in [-0.4, -0.2) is 23.9 Å². The Labute approximate surface area is 158 Å². The maximum atomic E-state index is 14.8. The second-order valence-electron chi connectivity index (χ2n) is 6.48. The molecule has 0 N–H and O–H groups in total. The van der Waals surface area contributed by atoms with Crippen molar-refractivity contribution < 1.29 is 4.39 Å². The van der Waals surface area contributed by atoms with Gasteiger partial charge >= 0.3 is 0 Å². The Bertz CT molecular complexity index is 1390. The Morgan fingerprint density at radius 3 is 2.79 bits per heavy atom. The predicted octanol–water partition coefficient (Wildman–Crippen LogP) is 3.29. The lowest BCUT2D eigenvalue weighted by atomic mass is 10.0. The molecule has 5 rings (SSSR count). The molecule has 4 heterocycles. The maximum Gasteiger partial charge on any atom is 0.270 e. The predicted molar refractivity (Wildman–Crippen MR) is 103 cm³/mol. The zero-order chi connectivity index (χ0) is 19.1. The second-order valence-corrected chi connectivity index (χ2v) is 6.48. The van der Waals surface area contributed by atoms with Crippen LogP contribution in [0.1, 0.15) is 5.56 Å². The van der Waals surface area contributed by atoms with Crippen LogP contribution < -0.4 is 5.56 Å². The molecule has 0 aliphatic carbocycles. The molecular weight excluding hydrogens is 357 g/mol. The van der Waals surface area contributed by atoms with Gasteiger partial charge in [0, 0.05) is 18.0 Å². The van der Waals surface area contributed by atoms with Crippen LogP contribution in [0.4, 0.5) is 4.39 Å². The van der Waals surface area contributed by atoms with Gasteiger partial charge in [-0.3, -0.25) is 9.36 Å². The van der Waals surface area contributed by atoms with E-state index in [9.17, 15) is 9.18 Å². The smallest absolute Gasteiger partial charge is 0.270 e. The number of imidazole rings is 1. The number of rotatable bonds is 3. The van der Waals surface area contributed by atoms with Gasteiger partial charge in [-0.15, -0.1) is 0 Å². The molecule has 0 saturated heterocycles. The van der Waals surface area contributed by atoms with Gasteiger partial charge in [-0.1, -0.05) is 18.2 Å². The van der Waals surface area contributed by atoms with E-state index in [2.05, 4.69) is 15.0 Å². The maximum absolute atomic E-state index is 14.8. The number of fused-ring (bicyclic) bond motifs is 2. The summed E-state index contributed by atoms with van der Waals surface area (Å²) in [6, 6.07) is 12.4. The van der Waals surface area contributed by atoms with Crippen LogP contribution in [0, 0.1) is 5.82 Å². The lowest BCUT2D eigenvalue weighted by molar-refractivity contribution is 0.599. The summed E-state index contributed by atoms with van der Waals surface area (Å²) in [6.07, 6.45) is 8.19. The molecule has 136 valence electrons. The Balaban J connectivity index is 1.54. The zero-order valence-corrected chi connectivity index (χ0v) is 14.7. The molecule has 0 atom stereocenters. The van der Waals surface area contributed by atoms with E-state index in [0.717, 1.165) is 16.6 Å². The van der Waals surface area contributed by atoms with E-state index in [0.29, 0.717) is 16.7 Å². The van der Waals surface area contributed by atoms with E-state index >= 15 is 0 Å². The Morgan fingerprint density at radius 1 is 1.00 bits per heavy atom. The third kappa shape index (κ3) is 2.73. The van der Waals surface area contributed by atoms with Crippen LogP contribution in [0.2, 0.25) is 0 Å². The summed E-state index contributed by atoms with van der Waals surface area (Å²) in [7, 11) is 0. The lowest BCUT2D eigenvalue weighted by Gasteiger charge is -2.11. The Hall–Kier alpha value is -3.87. The Kier molecular flexibility index (Phi) is 3.72. The summed E-state index contributed by atoms with van der Waals surface area (Å²) < 4.78 is 18.1. The van der Waals surface area contributed by atoms with Gasteiger partial charge in [-0.2, -0.15) is 0 Å². The highest BCUT2D eigenvalue weighted by Crippen LogP contribution is 2.23. The largest absolute Gasteiger partial charge is 0.306 e. The number of pyridine rings is 2. The molecule has 0 bridgehead atoms. The Morgan fingerprint density at radius 2 is 1.89 bits per heavy atom. The third-order valence-electron chi connectivity index (χ3n) is 4.72. The second kappa shape index (κ2) is 6.38. The minimum Gasteiger partial charge on any atom is -0.306 e. The molecular formula is C21H14FN5O. The fourth-order valence-corrected chi connectivity index (χ4v) is 3.26. The van der Waals surface area contributed by atoms with Crippen LogP contribution in [0.25, 0.3) is 27.8 Å². The van der Waals surface area contributed by atoms with Gasteiger partial charge < -0.3 is 4.40 Å². The first kappa shape index (κ1) is 16.3. The monoisotopic (exact) mass is 371 g/mol. The molecule has 0 fully saturated rings. The van der Waals surface area contributed by atoms with Gasteiger partial charge in [0.15, 0.2) is 5.65 Å². The van der Waals surface area contributed by atoms with Crippen molar-refractivity contribution >= 4 is 16.7 Å². The molecule has 0 radical (unpaired) electrons. The van der Waals surface area contributed by atoms with Crippen molar-refractivity contribution in [1.29, 1.82) is 0 Å². The molecule has 4 aromatic heterocycles. The molecule has 28 heavy (non-hydrogen) atoms.